The Balaban J connectivity index is 1.46. The quantitative estimate of drug-likeness (QED) is 0.545. The van der Waals surface area contributed by atoms with Crippen molar-refractivity contribution in [2.75, 3.05) is 16.8 Å². The Labute approximate surface area is 185 Å². The van der Waals surface area contributed by atoms with Crippen LogP contribution in [0.3, 0.4) is 0 Å². The van der Waals surface area contributed by atoms with E-state index in [4.69, 9.17) is 9.47 Å². The number of nitrogens with zero attached hydrogens (tertiary/aromatic N) is 1. The van der Waals surface area contributed by atoms with Crippen LogP contribution in [0.5, 0.6) is 17.2 Å². The second-order valence-electron chi connectivity index (χ2n) is 7.13. The fourth-order valence-electron chi connectivity index (χ4n) is 3.38. The predicted molar refractivity (Wildman–Crippen MR) is 120 cm³/mol. The van der Waals surface area contributed by atoms with Gasteiger partial charge in [-0.3, -0.25) is 19.3 Å². The van der Waals surface area contributed by atoms with Crippen molar-refractivity contribution in [3.05, 3.63) is 78.4 Å². The van der Waals surface area contributed by atoms with Crippen molar-refractivity contribution in [1.29, 1.82) is 0 Å². The maximum Gasteiger partial charge on any atom is 0.255 e. The van der Waals surface area contributed by atoms with Crippen molar-refractivity contribution in [3.63, 3.8) is 0 Å². The third-order valence-corrected chi connectivity index (χ3v) is 4.94. The van der Waals surface area contributed by atoms with E-state index in [0.29, 0.717) is 35.0 Å². The molecule has 7 heteroatoms. The lowest BCUT2D eigenvalue weighted by atomic mass is 10.1. The summed E-state index contributed by atoms with van der Waals surface area (Å²) in [6.07, 6.45) is 0.429. The third kappa shape index (κ3) is 4.62. The number of benzene rings is 3. The summed E-state index contributed by atoms with van der Waals surface area (Å²) < 4.78 is 11.4. The van der Waals surface area contributed by atoms with E-state index < -0.39 is 0 Å². The van der Waals surface area contributed by atoms with Crippen LogP contribution in [0, 0.1) is 0 Å². The number of ether oxygens (including phenoxy) is 2. The molecule has 1 aliphatic rings. The average Bonchev–Trinajstić information content (AvgIpc) is 3.14. The van der Waals surface area contributed by atoms with Crippen LogP contribution in [-0.2, 0) is 9.59 Å². The number of anilines is 2. The number of imide groups is 1. The smallest absolute Gasteiger partial charge is 0.255 e. The number of hydrogen-bond acceptors (Lipinski definition) is 5. The van der Waals surface area contributed by atoms with E-state index in [1.165, 1.54) is 0 Å². The molecule has 0 saturated carbocycles. The molecule has 1 saturated heterocycles. The number of rotatable bonds is 7. The molecule has 1 N–H and O–H groups in total. The molecule has 3 amide bonds. The first-order valence-corrected chi connectivity index (χ1v) is 10.3. The molecule has 0 aromatic heterocycles. The molecule has 1 aliphatic heterocycles. The molecule has 0 radical (unpaired) electrons. The van der Waals surface area contributed by atoms with Gasteiger partial charge in [-0.25, -0.2) is 0 Å². The molecule has 7 nitrogen and oxygen atoms in total. The fourth-order valence-corrected chi connectivity index (χ4v) is 3.38. The van der Waals surface area contributed by atoms with Crippen LogP contribution in [0.15, 0.2) is 72.8 Å². The molecule has 0 bridgehead atoms. The summed E-state index contributed by atoms with van der Waals surface area (Å²) in [6.45, 7) is 2.50. The molecule has 0 aliphatic carbocycles. The molecule has 1 heterocycles. The highest BCUT2D eigenvalue weighted by Crippen LogP contribution is 2.31. The van der Waals surface area contributed by atoms with Crippen LogP contribution in [0.4, 0.5) is 11.4 Å². The van der Waals surface area contributed by atoms with Crippen molar-refractivity contribution in [2.24, 2.45) is 0 Å². The van der Waals surface area contributed by atoms with Gasteiger partial charge in [0.25, 0.3) is 5.91 Å². The largest absolute Gasteiger partial charge is 0.494 e. The van der Waals surface area contributed by atoms with Gasteiger partial charge in [0.2, 0.25) is 11.8 Å². The molecule has 32 heavy (non-hydrogen) atoms. The zero-order valence-corrected chi connectivity index (χ0v) is 17.5. The number of carbonyl (C=O) groups is 3. The topological polar surface area (TPSA) is 84.9 Å². The lowest BCUT2D eigenvalue weighted by Gasteiger charge is -2.15. The summed E-state index contributed by atoms with van der Waals surface area (Å²) >= 11 is 0. The van der Waals surface area contributed by atoms with E-state index in [1.807, 2.05) is 25.1 Å². The molecular formula is C25H22N2O5. The monoisotopic (exact) mass is 430 g/mol. The SMILES string of the molecule is CCOc1ccc(Oc2ccccc2NC(=O)c2ccc(N3C(=O)CCC3=O)cc2)cc1. The molecule has 4 rings (SSSR count). The van der Waals surface area contributed by atoms with E-state index in [2.05, 4.69) is 5.32 Å². The predicted octanol–water partition coefficient (Wildman–Crippen LogP) is 4.78. The number of para-hydroxylation sites is 2. The summed E-state index contributed by atoms with van der Waals surface area (Å²) in [5.74, 6) is 1.06. The Morgan fingerprint density at radius 2 is 1.50 bits per heavy atom. The maximum absolute atomic E-state index is 12.8. The van der Waals surface area contributed by atoms with Gasteiger partial charge >= 0.3 is 0 Å². The lowest BCUT2D eigenvalue weighted by molar-refractivity contribution is -0.121. The van der Waals surface area contributed by atoms with Gasteiger partial charge in [-0.2, -0.15) is 0 Å². The van der Waals surface area contributed by atoms with Gasteiger partial charge in [-0.15, -0.1) is 0 Å². The average molecular weight is 430 g/mol. The lowest BCUT2D eigenvalue weighted by Crippen LogP contribution is -2.28. The molecule has 0 unspecified atom stereocenters. The summed E-state index contributed by atoms with van der Waals surface area (Å²) in [5, 5.41) is 2.85. The second kappa shape index (κ2) is 9.34. The molecule has 0 atom stereocenters. The molecule has 0 spiro atoms. The van der Waals surface area contributed by atoms with Gasteiger partial charge in [0.1, 0.15) is 11.5 Å². The highest BCUT2D eigenvalue weighted by molar-refractivity contribution is 6.20. The Morgan fingerprint density at radius 1 is 0.875 bits per heavy atom. The zero-order valence-electron chi connectivity index (χ0n) is 17.5. The van der Waals surface area contributed by atoms with E-state index in [1.54, 1.807) is 54.6 Å². The maximum atomic E-state index is 12.8. The van der Waals surface area contributed by atoms with Crippen LogP contribution in [0.25, 0.3) is 0 Å². The Kier molecular flexibility index (Phi) is 6.17. The van der Waals surface area contributed by atoms with Crippen LogP contribution in [-0.4, -0.2) is 24.3 Å². The Bertz CT molecular complexity index is 1120. The normalized spacial score (nSPS) is 13.2. The minimum atomic E-state index is -0.335. The summed E-state index contributed by atoms with van der Waals surface area (Å²) in [7, 11) is 0. The van der Waals surface area contributed by atoms with Crippen molar-refractivity contribution in [2.45, 2.75) is 19.8 Å². The van der Waals surface area contributed by atoms with E-state index in [-0.39, 0.29) is 30.6 Å². The summed E-state index contributed by atoms with van der Waals surface area (Å²) in [6, 6.07) is 20.7. The van der Waals surface area contributed by atoms with Gasteiger partial charge < -0.3 is 14.8 Å². The van der Waals surface area contributed by atoms with Crippen molar-refractivity contribution >= 4 is 29.1 Å². The zero-order chi connectivity index (χ0) is 22.5. The number of nitrogens with one attached hydrogen (secondary N) is 1. The first-order valence-electron chi connectivity index (χ1n) is 10.3. The standard InChI is InChI=1S/C25H22N2O5/c1-2-31-19-11-13-20(14-12-19)32-22-6-4-3-5-21(22)26-25(30)17-7-9-18(10-8-17)27-23(28)15-16-24(27)29/h3-14H,2,15-16H2,1H3,(H,26,30). The Morgan fingerprint density at radius 3 is 2.16 bits per heavy atom. The van der Waals surface area contributed by atoms with Crippen LogP contribution in [0.1, 0.15) is 30.1 Å². The summed E-state index contributed by atoms with van der Waals surface area (Å²) in [5.41, 5.74) is 1.37. The van der Waals surface area contributed by atoms with Gasteiger partial charge in [-0.1, -0.05) is 12.1 Å². The highest BCUT2D eigenvalue weighted by atomic mass is 16.5. The van der Waals surface area contributed by atoms with Crippen LogP contribution in [0.2, 0.25) is 0 Å². The highest BCUT2D eigenvalue weighted by Gasteiger charge is 2.30. The fraction of sp³-hybridized carbons (Fsp3) is 0.160. The number of amides is 3. The molecule has 3 aromatic carbocycles. The first-order chi connectivity index (χ1) is 15.5. The number of carbonyl (C=O) groups excluding carboxylic acids is 3. The van der Waals surface area contributed by atoms with Crippen molar-refractivity contribution < 1.29 is 23.9 Å². The van der Waals surface area contributed by atoms with Crippen LogP contribution >= 0.6 is 0 Å². The minimum absolute atomic E-state index is 0.214. The van der Waals surface area contributed by atoms with Crippen molar-refractivity contribution in [1.82, 2.24) is 0 Å². The number of hydrogen-bond donors (Lipinski definition) is 1. The summed E-state index contributed by atoms with van der Waals surface area (Å²) in [4.78, 5) is 37.7. The Hall–Kier alpha value is -4.13. The molecule has 162 valence electrons. The van der Waals surface area contributed by atoms with Gasteiger partial charge in [0.05, 0.1) is 18.0 Å². The van der Waals surface area contributed by atoms with E-state index in [0.717, 1.165) is 10.6 Å². The van der Waals surface area contributed by atoms with Gasteiger partial charge in [0.15, 0.2) is 5.75 Å². The molecular weight excluding hydrogens is 408 g/mol. The van der Waals surface area contributed by atoms with Gasteiger partial charge in [-0.05, 0) is 67.6 Å². The molecule has 1 fully saturated rings. The van der Waals surface area contributed by atoms with E-state index >= 15 is 0 Å². The van der Waals surface area contributed by atoms with Crippen LogP contribution < -0.4 is 19.7 Å². The second-order valence-corrected chi connectivity index (χ2v) is 7.13. The van der Waals surface area contributed by atoms with Gasteiger partial charge in [0, 0.05) is 18.4 Å². The first kappa shape index (κ1) is 21.1. The third-order valence-electron chi connectivity index (χ3n) is 4.94. The minimum Gasteiger partial charge on any atom is -0.494 e. The molecule has 3 aromatic rings. The van der Waals surface area contributed by atoms with Crippen molar-refractivity contribution in [3.8, 4) is 17.2 Å². The van der Waals surface area contributed by atoms with E-state index in [9.17, 15) is 14.4 Å².